The Morgan fingerprint density at radius 1 is 1.38 bits per heavy atom. The molecule has 1 fully saturated rings. The summed E-state index contributed by atoms with van der Waals surface area (Å²) >= 11 is 4.98. The van der Waals surface area contributed by atoms with Gasteiger partial charge in [0, 0.05) is 11.8 Å². The van der Waals surface area contributed by atoms with Gasteiger partial charge in [0.15, 0.2) is 0 Å². The number of likely N-dealkylation sites (tertiary alicyclic amines) is 1. The van der Waals surface area contributed by atoms with E-state index >= 15 is 0 Å². The molecule has 4 nitrogen and oxygen atoms in total. The zero-order chi connectivity index (χ0) is 12.7. The van der Waals surface area contributed by atoms with Crippen molar-refractivity contribution in [2.75, 3.05) is 0 Å². The van der Waals surface area contributed by atoms with Gasteiger partial charge in [0.2, 0.25) is 11.8 Å². The topological polar surface area (TPSA) is 63.4 Å². The van der Waals surface area contributed by atoms with Crippen molar-refractivity contribution >= 4 is 29.0 Å². The molecular formula is C11H18N2O2S. The Kier molecular flexibility index (Phi) is 3.38. The van der Waals surface area contributed by atoms with Gasteiger partial charge < -0.3 is 5.73 Å². The molecule has 0 aliphatic carbocycles. The lowest BCUT2D eigenvalue weighted by molar-refractivity contribution is -0.144. The molecular weight excluding hydrogens is 224 g/mol. The fourth-order valence-corrected chi connectivity index (χ4v) is 2.11. The summed E-state index contributed by atoms with van der Waals surface area (Å²) in [4.78, 5) is 25.5. The average Bonchev–Trinajstić information content (AvgIpc) is 2.42. The second-order valence-corrected chi connectivity index (χ2v) is 5.02. The molecule has 1 rings (SSSR count). The molecule has 1 aliphatic heterocycles. The van der Waals surface area contributed by atoms with E-state index in [4.69, 9.17) is 18.0 Å². The maximum absolute atomic E-state index is 12.0. The molecule has 0 spiro atoms. The monoisotopic (exact) mass is 242 g/mol. The third-order valence-electron chi connectivity index (χ3n) is 3.68. The largest absolute Gasteiger partial charge is 0.391 e. The molecule has 1 heterocycles. The van der Waals surface area contributed by atoms with Crippen molar-refractivity contribution < 1.29 is 9.59 Å². The van der Waals surface area contributed by atoms with Crippen molar-refractivity contribution in [2.45, 2.75) is 39.7 Å². The van der Waals surface area contributed by atoms with Crippen LogP contribution < -0.4 is 5.73 Å². The van der Waals surface area contributed by atoms with E-state index < -0.39 is 5.54 Å². The second-order valence-electron chi connectivity index (χ2n) is 4.58. The highest BCUT2D eigenvalue weighted by Crippen LogP contribution is 2.33. The molecule has 0 saturated carbocycles. The first-order valence-electron chi connectivity index (χ1n) is 5.45. The maximum Gasteiger partial charge on any atom is 0.233 e. The molecule has 2 N–H and O–H groups in total. The number of hydrogen-bond acceptors (Lipinski definition) is 3. The van der Waals surface area contributed by atoms with Gasteiger partial charge in [0.25, 0.3) is 0 Å². The van der Waals surface area contributed by atoms with Crippen molar-refractivity contribution in [1.82, 2.24) is 4.90 Å². The SMILES string of the molecule is CCC(C)(C(N)=S)N1C(=O)C(C)C(C)C1=O. The number of carbonyl (C=O) groups excluding carboxylic acids is 2. The van der Waals surface area contributed by atoms with Gasteiger partial charge in [0.1, 0.15) is 0 Å². The predicted octanol–water partition coefficient (Wildman–Crippen LogP) is 1.08. The van der Waals surface area contributed by atoms with Crippen LogP contribution in [0.3, 0.4) is 0 Å². The van der Waals surface area contributed by atoms with Crippen LogP contribution in [0.4, 0.5) is 0 Å². The Morgan fingerprint density at radius 3 is 2.00 bits per heavy atom. The van der Waals surface area contributed by atoms with Gasteiger partial charge in [-0.25, -0.2) is 0 Å². The molecule has 2 amide bonds. The average molecular weight is 242 g/mol. The first-order valence-corrected chi connectivity index (χ1v) is 5.86. The van der Waals surface area contributed by atoms with Gasteiger partial charge in [-0.2, -0.15) is 0 Å². The summed E-state index contributed by atoms with van der Waals surface area (Å²) in [5.41, 5.74) is 4.83. The minimum Gasteiger partial charge on any atom is -0.391 e. The summed E-state index contributed by atoms with van der Waals surface area (Å²) in [6.07, 6.45) is 0.541. The van der Waals surface area contributed by atoms with E-state index in [0.29, 0.717) is 6.42 Å². The normalized spacial score (nSPS) is 29.4. The van der Waals surface area contributed by atoms with Crippen molar-refractivity contribution in [3.63, 3.8) is 0 Å². The molecule has 90 valence electrons. The standard InChI is InChI=1S/C11H18N2O2S/c1-5-11(4,10(12)16)13-8(14)6(2)7(3)9(13)15/h6-7H,5H2,1-4H3,(H2,12,16). The summed E-state index contributed by atoms with van der Waals surface area (Å²) in [6, 6.07) is 0. The van der Waals surface area contributed by atoms with E-state index in [0.717, 1.165) is 0 Å². The van der Waals surface area contributed by atoms with Crippen molar-refractivity contribution in [3.05, 3.63) is 0 Å². The predicted molar refractivity (Wildman–Crippen MR) is 65.7 cm³/mol. The molecule has 5 heteroatoms. The van der Waals surface area contributed by atoms with E-state index in [-0.39, 0.29) is 28.6 Å². The Hall–Kier alpha value is -0.970. The molecule has 16 heavy (non-hydrogen) atoms. The zero-order valence-electron chi connectivity index (χ0n) is 10.1. The van der Waals surface area contributed by atoms with E-state index in [2.05, 4.69) is 0 Å². The van der Waals surface area contributed by atoms with Crippen LogP contribution in [0.1, 0.15) is 34.1 Å². The molecule has 0 radical (unpaired) electrons. The van der Waals surface area contributed by atoms with Gasteiger partial charge in [-0.15, -0.1) is 0 Å². The fraction of sp³-hybridized carbons (Fsp3) is 0.727. The van der Waals surface area contributed by atoms with E-state index in [9.17, 15) is 9.59 Å². The zero-order valence-corrected chi connectivity index (χ0v) is 10.9. The quantitative estimate of drug-likeness (QED) is 0.594. The van der Waals surface area contributed by atoms with Gasteiger partial charge in [-0.1, -0.05) is 33.0 Å². The van der Waals surface area contributed by atoms with E-state index in [1.54, 1.807) is 20.8 Å². The van der Waals surface area contributed by atoms with E-state index in [1.807, 2.05) is 6.92 Å². The van der Waals surface area contributed by atoms with Crippen LogP contribution in [0, 0.1) is 11.8 Å². The third-order valence-corrected chi connectivity index (χ3v) is 4.12. The van der Waals surface area contributed by atoms with Gasteiger partial charge in [-0.3, -0.25) is 14.5 Å². The van der Waals surface area contributed by atoms with Crippen LogP contribution in [0.25, 0.3) is 0 Å². The number of amides is 2. The first kappa shape index (κ1) is 13.1. The second kappa shape index (κ2) is 4.13. The van der Waals surface area contributed by atoms with Gasteiger partial charge in [0.05, 0.1) is 10.5 Å². The number of nitrogens with two attached hydrogens (primary N) is 1. The molecule has 3 atom stereocenters. The number of carbonyl (C=O) groups is 2. The van der Waals surface area contributed by atoms with Crippen LogP contribution in [-0.2, 0) is 9.59 Å². The molecule has 1 aliphatic rings. The Labute approximate surface area is 101 Å². The Bertz CT molecular complexity index is 336. The van der Waals surface area contributed by atoms with Crippen LogP contribution in [0.2, 0.25) is 0 Å². The molecule has 0 aromatic heterocycles. The fourth-order valence-electron chi connectivity index (χ4n) is 1.87. The molecule has 0 bridgehead atoms. The number of thiocarbonyl (C=S) groups is 1. The van der Waals surface area contributed by atoms with Crippen LogP contribution in [0.5, 0.6) is 0 Å². The highest BCUT2D eigenvalue weighted by atomic mass is 32.1. The number of rotatable bonds is 3. The molecule has 0 aromatic carbocycles. The van der Waals surface area contributed by atoms with Crippen molar-refractivity contribution in [1.29, 1.82) is 0 Å². The third kappa shape index (κ3) is 1.63. The highest BCUT2D eigenvalue weighted by Gasteiger charge is 2.50. The summed E-state index contributed by atoms with van der Waals surface area (Å²) < 4.78 is 0. The van der Waals surface area contributed by atoms with Crippen LogP contribution in [0.15, 0.2) is 0 Å². The van der Waals surface area contributed by atoms with Crippen LogP contribution in [-0.4, -0.2) is 27.2 Å². The summed E-state index contributed by atoms with van der Waals surface area (Å²) in [7, 11) is 0. The van der Waals surface area contributed by atoms with Crippen molar-refractivity contribution in [2.24, 2.45) is 17.6 Å². The lowest BCUT2D eigenvalue weighted by Gasteiger charge is -2.35. The number of imide groups is 1. The summed E-state index contributed by atoms with van der Waals surface area (Å²) in [5, 5.41) is 0. The lowest BCUT2D eigenvalue weighted by Crippen LogP contribution is -2.57. The maximum atomic E-state index is 12.0. The minimum absolute atomic E-state index is 0.172. The number of hydrogen-bond donors (Lipinski definition) is 1. The number of nitrogens with zero attached hydrogens (tertiary/aromatic N) is 1. The van der Waals surface area contributed by atoms with Crippen LogP contribution >= 0.6 is 12.2 Å². The van der Waals surface area contributed by atoms with Gasteiger partial charge >= 0.3 is 0 Å². The Morgan fingerprint density at radius 2 is 1.75 bits per heavy atom. The van der Waals surface area contributed by atoms with Crippen molar-refractivity contribution in [3.8, 4) is 0 Å². The first-order chi connectivity index (χ1) is 7.27. The smallest absolute Gasteiger partial charge is 0.233 e. The Balaban J connectivity index is 3.18. The van der Waals surface area contributed by atoms with E-state index in [1.165, 1.54) is 4.90 Å². The lowest BCUT2D eigenvalue weighted by atomic mass is 9.96. The summed E-state index contributed by atoms with van der Waals surface area (Å²) in [6.45, 7) is 7.14. The molecule has 0 aromatic rings. The minimum atomic E-state index is -0.831. The molecule has 3 unspecified atom stereocenters. The molecule has 1 saturated heterocycles. The highest BCUT2D eigenvalue weighted by molar-refractivity contribution is 7.80. The summed E-state index contributed by atoms with van der Waals surface area (Å²) in [5.74, 6) is -0.912. The van der Waals surface area contributed by atoms with Gasteiger partial charge in [-0.05, 0) is 13.3 Å².